The van der Waals surface area contributed by atoms with Gasteiger partial charge in [-0.15, -0.1) is 0 Å². The zero-order chi connectivity index (χ0) is 35.7. The lowest BCUT2D eigenvalue weighted by atomic mass is 10.2. The van der Waals surface area contributed by atoms with E-state index in [0.29, 0.717) is 131 Å². The van der Waals surface area contributed by atoms with Crippen molar-refractivity contribution in [2.24, 2.45) is 0 Å². The fraction of sp³-hybridized carbons (Fsp3) is 0.727. The number of benzene rings is 1. The topological polar surface area (TPSA) is 162 Å². The van der Waals surface area contributed by atoms with Crippen molar-refractivity contribution in [3.8, 4) is 0 Å². The highest BCUT2D eigenvalue weighted by Gasteiger charge is 2.14. The largest absolute Gasteiger partial charge is 0.460 e. The number of aryl methyl sites for hydroxylation is 1. The Morgan fingerprint density at radius 3 is 1.04 bits per heavy atom. The highest BCUT2D eigenvalue weighted by atomic mass is 32.2. The van der Waals surface area contributed by atoms with Crippen LogP contribution in [-0.4, -0.2) is 160 Å². The summed E-state index contributed by atoms with van der Waals surface area (Å²) in [5.41, 5.74) is 1.33. The van der Waals surface area contributed by atoms with E-state index in [9.17, 15) is 13.2 Å². The Labute approximate surface area is 291 Å². The SMILES string of the molecule is C=C(C)C(=O)OCCOCCOCCOCCOCCOCCOCCOCCOCCOCCOCCOS(=O)(=O)c1ccc(C)cc1. The van der Waals surface area contributed by atoms with Crippen molar-refractivity contribution >= 4 is 16.1 Å². The van der Waals surface area contributed by atoms with Crippen LogP contribution in [0.15, 0.2) is 41.3 Å². The number of carbonyl (C=O) groups is 1. The highest BCUT2D eigenvalue weighted by Crippen LogP contribution is 2.12. The minimum Gasteiger partial charge on any atom is -0.460 e. The molecule has 1 aromatic carbocycles. The lowest BCUT2D eigenvalue weighted by Crippen LogP contribution is -2.16. The first-order valence-electron chi connectivity index (χ1n) is 16.4. The van der Waals surface area contributed by atoms with Gasteiger partial charge in [-0.2, -0.15) is 8.42 Å². The van der Waals surface area contributed by atoms with Gasteiger partial charge in [-0.25, -0.2) is 4.79 Å². The lowest BCUT2D eigenvalue weighted by molar-refractivity contribution is -0.140. The van der Waals surface area contributed by atoms with Crippen molar-refractivity contribution in [1.82, 2.24) is 0 Å². The molecule has 0 unspecified atom stereocenters. The average Bonchev–Trinajstić information content (AvgIpc) is 3.08. The summed E-state index contributed by atoms with van der Waals surface area (Å²) < 4.78 is 88.2. The van der Waals surface area contributed by atoms with E-state index in [2.05, 4.69) is 6.58 Å². The molecule has 284 valence electrons. The predicted molar refractivity (Wildman–Crippen MR) is 178 cm³/mol. The smallest absolute Gasteiger partial charge is 0.333 e. The molecular formula is C33H56O15S. The van der Waals surface area contributed by atoms with Gasteiger partial charge in [0.1, 0.15) is 6.61 Å². The molecule has 0 radical (unpaired) electrons. The van der Waals surface area contributed by atoms with Crippen molar-refractivity contribution in [3.05, 3.63) is 42.0 Å². The lowest BCUT2D eigenvalue weighted by Gasteiger charge is -2.09. The Kier molecular flexibility index (Phi) is 29.3. The summed E-state index contributed by atoms with van der Waals surface area (Å²) in [4.78, 5) is 11.3. The second kappa shape index (κ2) is 31.9. The van der Waals surface area contributed by atoms with Crippen LogP contribution in [-0.2, 0) is 71.2 Å². The standard InChI is InChI=1S/C33H56O15S/c1-30(2)33(34)47-28-26-45-24-22-43-20-18-41-16-14-39-12-10-37-8-9-38-11-13-40-15-17-42-19-21-44-23-25-46-27-29-48-49(35,36)32-6-4-31(3)5-7-32/h4-7H,1,8-29H2,2-3H3. The van der Waals surface area contributed by atoms with E-state index in [0.717, 1.165) is 5.56 Å². The fourth-order valence-corrected chi connectivity index (χ4v) is 4.27. The van der Waals surface area contributed by atoms with Crippen molar-refractivity contribution in [3.63, 3.8) is 0 Å². The second-order valence-electron chi connectivity index (χ2n) is 10.1. The Morgan fingerprint density at radius 1 is 0.490 bits per heavy atom. The predicted octanol–water partition coefficient (Wildman–Crippen LogP) is 1.99. The molecule has 0 fully saturated rings. The molecule has 16 heteroatoms. The Bertz CT molecular complexity index is 1040. The van der Waals surface area contributed by atoms with Crippen LogP contribution in [0.2, 0.25) is 0 Å². The number of rotatable bonds is 36. The van der Waals surface area contributed by atoms with Crippen LogP contribution in [0.25, 0.3) is 0 Å². The summed E-state index contributed by atoms with van der Waals surface area (Å²) in [6, 6.07) is 6.47. The van der Waals surface area contributed by atoms with E-state index in [-0.39, 0.29) is 24.7 Å². The van der Waals surface area contributed by atoms with Crippen LogP contribution in [0.3, 0.4) is 0 Å². The summed E-state index contributed by atoms with van der Waals surface area (Å²) in [5, 5.41) is 0. The third-order valence-corrected chi connectivity index (χ3v) is 7.26. The molecule has 0 N–H and O–H groups in total. The maximum absolute atomic E-state index is 12.1. The Morgan fingerprint density at radius 2 is 0.755 bits per heavy atom. The van der Waals surface area contributed by atoms with Gasteiger partial charge in [0, 0.05) is 5.57 Å². The van der Waals surface area contributed by atoms with E-state index in [1.807, 2.05) is 6.92 Å². The van der Waals surface area contributed by atoms with E-state index in [4.69, 9.17) is 56.3 Å². The molecule has 0 spiro atoms. The first-order chi connectivity index (χ1) is 23.8. The number of carbonyl (C=O) groups excluding carboxylic acids is 1. The molecule has 1 rings (SSSR count). The van der Waals surface area contributed by atoms with E-state index >= 15 is 0 Å². The molecule has 0 aliphatic heterocycles. The summed E-state index contributed by atoms with van der Waals surface area (Å²) in [7, 11) is -3.78. The molecule has 15 nitrogen and oxygen atoms in total. The van der Waals surface area contributed by atoms with Crippen LogP contribution >= 0.6 is 0 Å². The Hall–Kier alpha value is -2.06. The van der Waals surface area contributed by atoms with E-state index < -0.39 is 16.1 Å². The van der Waals surface area contributed by atoms with Crippen LogP contribution in [0.5, 0.6) is 0 Å². The van der Waals surface area contributed by atoms with Gasteiger partial charge in [-0.1, -0.05) is 24.3 Å². The van der Waals surface area contributed by atoms with Gasteiger partial charge in [0.25, 0.3) is 10.1 Å². The summed E-state index contributed by atoms with van der Waals surface area (Å²) in [6.07, 6.45) is 0. The third kappa shape index (κ3) is 28.3. The number of esters is 1. The van der Waals surface area contributed by atoms with Crippen LogP contribution < -0.4 is 0 Å². The molecule has 0 saturated carbocycles. The van der Waals surface area contributed by atoms with Crippen LogP contribution in [0, 0.1) is 6.92 Å². The van der Waals surface area contributed by atoms with Gasteiger partial charge in [0.05, 0.1) is 144 Å². The second-order valence-corrected chi connectivity index (χ2v) is 11.7. The first-order valence-corrected chi connectivity index (χ1v) is 17.8. The minimum atomic E-state index is -3.78. The normalized spacial score (nSPS) is 11.6. The molecule has 0 aliphatic rings. The fourth-order valence-electron chi connectivity index (χ4n) is 3.37. The molecule has 0 bridgehead atoms. The first kappa shape index (κ1) is 45.0. The summed E-state index contributed by atoms with van der Waals surface area (Å²) in [6.45, 7) is 15.5. The molecule has 0 aliphatic carbocycles. The van der Waals surface area contributed by atoms with Gasteiger partial charge >= 0.3 is 5.97 Å². The van der Waals surface area contributed by atoms with Gasteiger partial charge in [-0.3, -0.25) is 4.18 Å². The zero-order valence-electron chi connectivity index (χ0n) is 29.1. The molecule has 0 saturated heterocycles. The molecule has 0 heterocycles. The van der Waals surface area contributed by atoms with Crippen LogP contribution in [0.4, 0.5) is 0 Å². The van der Waals surface area contributed by atoms with E-state index in [1.165, 1.54) is 12.1 Å². The van der Waals surface area contributed by atoms with Crippen molar-refractivity contribution in [2.45, 2.75) is 18.7 Å². The van der Waals surface area contributed by atoms with Crippen molar-refractivity contribution < 1.29 is 69.5 Å². The van der Waals surface area contributed by atoms with E-state index in [1.54, 1.807) is 19.1 Å². The quantitative estimate of drug-likeness (QED) is 0.0427. The number of ether oxygens (including phenoxy) is 11. The molecule has 1 aromatic rings. The van der Waals surface area contributed by atoms with Crippen molar-refractivity contribution in [2.75, 3.05) is 145 Å². The highest BCUT2D eigenvalue weighted by molar-refractivity contribution is 7.86. The van der Waals surface area contributed by atoms with Gasteiger partial charge < -0.3 is 52.1 Å². The van der Waals surface area contributed by atoms with Gasteiger partial charge in [0.15, 0.2) is 0 Å². The van der Waals surface area contributed by atoms with Crippen molar-refractivity contribution in [1.29, 1.82) is 0 Å². The summed E-state index contributed by atoms with van der Waals surface area (Å²) >= 11 is 0. The van der Waals surface area contributed by atoms with Crippen LogP contribution in [0.1, 0.15) is 12.5 Å². The summed E-state index contributed by atoms with van der Waals surface area (Å²) in [5.74, 6) is -0.420. The monoisotopic (exact) mass is 724 g/mol. The maximum Gasteiger partial charge on any atom is 0.333 e. The third-order valence-electron chi connectivity index (χ3n) is 5.93. The minimum absolute atomic E-state index is 0.0646. The molecule has 49 heavy (non-hydrogen) atoms. The van der Waals surface area contributed by atoms with Gasteiger partial charge in [-0.05, 0) is 26.0 Å². The maximum atomic E-state index is 12.1. The number of hydrogen-bond donors (Lipinski definition) is 0. The molecule has 0 aromatic heterocycles. The zero-order valence-corrected chi connectivity index (χ0v) is 29.9. The molecular weight excluding hydrogens is 668 g/mol. The Balaban J connectivity index is 1.68. The van der Waals surface area contributed by atoms with Gasteiger partial charge in [0.2, 0.25) is 0 Å². The average molecular weight is 725 g/mol. The molecule has 0 amide bonds. The number of hydrogen-bond acceptors (Lipinski definition) is 15. The molecule has 0 atom stereocenters.